The second-order valence-electron chi connectivity index (χ2n) is 8.22. The molecule has 1 aromatic carbocycles. The molecule has 2 bridgehead atoms. The lowest BCUT2D eigenvalue weighted by atomic mass is 9.81. The lowest BCUT2D eigenvalue weighted by Crippen LogP contribution is -2.33. The zero-order valence-electron chi connectivity index (χ0n) is 16.0. The lowest BCUT2D eigenvalue weighted by Gasteiger charge is -2.18. The molecule has 5 rings (SSSR count). The highest BCUT2D eigenvalue weighted by molar-refractivity contribution is 7.16. The van der Waals surface area contributed by atoms with E-state index in [2.05, 4.69) is 18.8 Å². The molecular weight excluding hydrogens is 375 g/mol. The molecule has 4 nitrogen and oxygen atoms in total. The molecule has 0 N–H and O–H groups in total. The normalized spacial score (nSPS) is 28.4. The van der Waals surface area contributed by atoms with Crippen molar-refractivity contribution < 1.29 is 14.0 Å². The molecule has 2 aliphatic carbocycles. The Labute approximate surface area is 167 Å². The van der Waals surface area contributed by atoms with E-state index in [0.717, 1.165) is 23.3 Å². The second-order valence-corrected chi connectivity index (χ2v) is 9.40. The molecule has 4 atom stereocenters. The van der Waals surface area contributed by atoms with Crippen molar-refractivity contribution in [2.75, 3.05) is 4.90 Å². The van der Waals surface area contributed by atoms with Crippen LogP contribution in [0, 0.1) is 36.4 Å². The van der Waals surface area contributed by atoms with E-state index < -0.39 is 0 Å². The van der Waals surface area contributed by atoms with E-state index in [0.29, 0.717) is 10.8 Å². The van der Waals surface area contributed by atoms with Crippen LogP contribution in [0.4, 0.5) is 9.52 Å². The molecule has 3 fully saturated rings. The number of anilines is 1. The van der Waals surface area contributed by atoms with Crippen LogP contribution in [0.2, 0.25) is 0 Å². The predicted octanol–water partition coefficient (Wildman–Crippen LogP) is 4.74. The number of fused-ring (bicyclic) bond motifs is 5. The van der Waals surface area contributed by atoms with Gasteiger partial charge in [-0.15, -0.1) is 11.3 Å². The lowest BCUT2D eigenvalue weighted by molar-refractivity contribution is -0.123. The second kappa shape index (κ2) is 6.08. The summed E-state index contributed by atoms with van der Waals surface area (Å²) in [5.41, 5.74) is 4.09. The van der Waals surface area contributed by atoms with Gasteiger partial charge in [0.25, 0.3) is 0 Å². The average molecular weight is 396 g/mol. The fraction of sp³-hybridized carbons (Fsp3) is 0.409. The van der Waals surface area contributed by atoms with Crippen molar-refractivity contribution in [3.05, 3.63) is 46.1 Å². The van der Waals surface area contributed by atoms with E-state index in [-0.39, 0.29) is 41.3 Å². The number of imide groups is 1. The van der Waals surface area contributed by atoms with Crippen LogP contribution in [-0.4, -0.2) is 16.8 Å². The van der Waals surface area contributed by atoms with Crippen molar-refractivity contribution in [1.82, 2.24) is 4.98 Å². The van der Waals surface area contributed by atoms with Gasteiger partial charge in [0.1, 0.15) is 5.82 Å². The van der Waals surface area contributed by atoms with Gasteiger partial charge in [0.05, 0.1) is 17.5 Å². The Balaban J connectivity index is 1.52. The summed E-state index contributed by atoms with van der Waals surface area (Å²) in [6, 6.07) is 6.13. The third kappa shape index (κ3) is 2.30. The number of nitrogens with zero attached hydrogens (tertiary/aromatic N) is 2. The molecule has 28 heavy (non-hydrogen) atoms. The summed E-state index contributed by atoms with van der Waals surface area (Å²) in [5, 5.41) is 0.444. The zero-order chi connectivity index (χ0) is 19.7. The number of thiazole rings is 1. The van der Waals surface area contributed by atoms with Crippen LogP contribution in [0.25, 0.3) is 11.3 Å². The Morgan fingerprint density at radius 2 is 1.64 bits per heavy atom. The molecule has 6 heteroatoms. The van der Waals surface area contributed by atoms with E-state index in [9.17, 15) is 14.0 Å². The molecular formula is C22H21FN2O2S. The molecule has 144 valence electrons. The molecule has 1 saturated heterocycles. The first kappa shape index (κ1) is 17.7. The summed E-state index contributed by atoms with van der Waals surface area (Å²) in [4.78, 5) is 33.4. The third-order valence-corrected chi connectivity index (χ3v) is 7.48. The molecule has 1 aromatic heterocycles. The number of aryl methyl sites for hydroxylation is 1. The van der Waals surface area contributed by atoms with Crippen LogP contribution in [0.3, 0.4) is 0 Å². The van der Waals surface area contributed by atoms with E-state index in [1.54, 1.807) is 12.1 Å². The monoisotopic (exact) mass is 396 g/mol. The van der Waals surface area contributed by atoms with Gasteiger partial charge in [-0.1, -0.05) is 11.1 Å². The van der Waals surface area contributed by atoms with Gasteiger partial charge in [-0.2, -0.15) is 0 Å². The highest BCUT2D eigenvalue weighted by Crippen LogP contribution is 2.60. The minimum absolute atomic E-state index is 0.0969. The number of aromatic nitrogens is 1. The molecule has 0 unspecified atom stereocenters. The van der Waals surface area contributed by atoms with Gasteiger partial charge in [0.15, 0.2) is 5.13 Å². The van der Waals surface area contributed by atoms with Crippen LogP contribution >= 0.6 is 11.3 Å². The number of carbonyl (C=O) groups is 2. The summed E-state index contributed by atoms with van der Waals surface area (Å²) >= 11 is 1.35. The SMILES string of the molecule is CC(C)=C1[C@H]2CC[C@H]1[C@H]1C(=O)N(c3nc(-c4ccc(F)cc4)c(C)s3)C(=O)[C@@H]12. The van der Waals surface area contributed by atoms with Gasteiger partial charge in [-0.3, -0.25) is 9.59 Å². The average Bonchev–Trinajstić information content (AvgIpc) is 3.37. The number of hydrogen-bond donors (Lipinski definition) is 0. The fourth-order valence-electron chi connectivity index (χ4n) is 5.53. The first-order valence-corrected chi connectivity index (χ1v) is 10.5. The predicted molar refractivity (Wildman–Crippen MR) is 106 cm³/mol. The van der Waals surface area contributed by atoms with Crippen molar-refractivity contribution >= 4 is 28.3 Å². The van der Waals surface area contributed by atoms with Crippen LogP contribution in [0.15, 0.2) is 35.4 Å². The van der Waals surface area contributed by atoms with Crippen LogP contribution in [-0.2, 0) is 9.59 Å². The maximum Gasteiger partial charge on any atom is 0.240 e. The Kier molecular flexibility index (Phi) is 3.85. The fourth-order valence-corrected chi connectivity index (χ4v) is 6.48. The summed E-state index contributed by atoms with van der Waals surface area (Å²) in [6.45, 7) is 6.10. The molecule has 0 spiro atoms. The Bertz CT molecular complexity index is 1000. The van der Waals surface area contributed by atoms with Crippen molar-refractivity contribution in [2.45, 2.75) is 33.6 Å². The van der Waals surface area contributed by atoms with Crippen molar-refractivity contribution in [3.8, 4) is 11.3 Å². The van der Waals surface area contributed by atoms with Gasteiger partial charge in [-0.25, -0.2) is 14.3 Å². The largest absolute Gasteiger partial charge is 0.274 e. The zero-order valence-corrected chi connectivity index (χ0v) is 16.8. The summed E-state index contributed by atoms with van der Waals surface area (Å²) in [5.74, 6) is -0.539. The molecule has 0 radical (unpaired) electrons. The van der Waals surface area contributed by atoms with Crippen molar-refractivity contribution in [1.29, 1.82) is 0 Å². The Morgan fingerprint density at radius 1 is 1.07 bits per heavy atom. The smallest absolute Gasteiger partial charge is 0.240 e. The highest BCUT2D eigenvalue weighted by atomic mass is 32.1. The number of benzene rings is 1. The third-order valence-electron chi connectivity index (χ3n) is 6.52. The van der Waals surface area contributed by atoms with Gasteiger partial charge in [-0.05, 0) is 69.7 Å². The van der Waals surface area contributed by atoms with Crippen LogP contribution in [0.5, 0.6) is 0 Å². The van der Waals surface area contributed by atoms with E-state index in [1.165, 1.54) is 39.5 Å². The number of hydrogen-bond acceptors (Lipinski definition) is 4. The van der Waals surface area contributed by atoms with Crippen LogP contribution in [0.1, 0.15) is 31.6 Å². The van der Waals surface area contributed by atoms with Gasteiger partial charge < -0.3 is 0 Å². The topological polar surface area (TPSA) is 50.3 Å². The summed E-state index contributed by atoms with van der Waals surface area (Å²) in [7, 11) is 0. The molecule has 2 saturated carbocycles. The number of halogens is 1. The first-order valence-electron chi connectivity index (χ1n) is 9.67. The minimum Gasteiger partial charge on any atom is -0.274 e. The molecule has 2 amide bonds. The van der Waals surface area contributed by atoms with Crippen molar-refractivity contribution in [2.24, 2.45) is 23.7 Å². The molecule has 2 heterocycles. The van der Waals surface area contributed by atoms with E-state index in [4.69, 9.17) is 0 Å². The Morgan fingerprint density at radius 3 is 2.18 bits per heavy atom. The number of allylic oxidation sites excluding steroid dienone is 2. The number of carbonyl (C=O) groups excluding carboxylic acids is 2. The summed E-state index contributed by atoms with van der Waals surface area (Å²) < 4.78 is 13.2. The maximum absolute atomic E-state index is 13.3. The number of amides is 2. The highest BCUT2D eigenvalue weighted by Gasteiger charge is 2.64. The minimum atomic E-state index is -0.305. The first-order chi connectivity index (χ1) is 13.4. The van der Waals surface area contributed by atoms with E-state index >= 15 is 0 Å². The standard InChI is InChI=1S/C22H21FN2O2S/c1-10(2)16-14-8-9-15(16)18-17(14)20(26)25(21(18)27)22-24-19(11(3)28-22)12-4-6-13(23)7-5-12/h4-7,14-15,17-18H,8-9H2,1-3H3/t14-,15-,17-,18-/m1/s1. The Hall–Kier alpha value is -2.34. The van der Waals surface area contributed by atoms with Crippen LogP contribution < -0.4 is 4.90 Å². The molecule has 2 aromatic rings. The molecule has 3 aliphatic rings. The van der Waals surface area contributed by atoms with Gasteiger partial charge in [0.2, 0.25) is 11.8 Å². The molecule has 1 aliphatic heterocycles. The summed E-state index contributed by atoms with van der Waals surface area (Å²) in [6.07, 6.45) is 1.99. The van der Waals surface area contributed by atoms with E-state index in [1.807, 2.05) is 6.92 Å². The van der Waals surface area contributed by atoms with Crippen molar-refractivity contribution in [3.63, 3.8) is 0 Å². The van der Waals surface area contributed by atoms with Gasteiger partial charge in [0, 0.05) is 10.4 Å². The van der Waals surface area contributed by atoms with Gasteiger partial charge >= 0.3 is 0 Å². The quantitative estimate of drug-likeness (QED) is 0.544. The maximum atomic E-state index is 13.3. The number of rotatable bonds is 2.